The molecule has 4 rings (SSSR count). The fraction of sp³-hybridized carbons (Fsp3) is 0.125. The highest BCUT2D eigenvalue weighted by molar-refractivity contribution is 6.39. The van der Waals surface area contributed by atoms with Crippen molar-refractivity contribution in [3.05, 3.63) is 93.8 Å². The van der Waals surface area contributed by atoms with Crippen LogP contribution in [0.15, 0.2) is 66.2 Å². The standard InChI is InChI=1S/C24H20ClN3O3/c1-15-12-18(16(2)27(15)14-17-6-4-3-5-7-17)13-21-22(29)26-24(31)28(23(21)30)20-10-8-19(25)9-11-20/h3-13H,14H2,1-2H3,(H,26,29,31)/b21-13+. The summed E-state index contributed by atoms with van der Waals surface area (Å²) in [5, 5.41) is 2.72. The molecule has 1 fully saturated rings. The van der Waals surface area contributed by atoms with Crippen molar-refractivity contribution in [3.8, 4) is 0 Å². The van der Waals surface area contributed by atoms with Crippen molar-refractivity contribution in [1.29, 1.82) is 0 Å². The van der Waals surface area contributed by atoms with E-state index in [4.69, 9.17) is 11.6 Å². The van der Waals surface area contributed by atoms with Gasteiger partial charge in [0.1, 0.15) is 5.57 Å². The summed E-state index contributed by atoms with van der Waals surface area (Å²) in [7, 11) is 0. The zero-order chi connectivity index (χ0) is 22.1. The van der Waals surface area contributed by atoms with Crippen LogP contribution in [0, 0.1) is 13.8 Å². The molecule has 0 atom stereocenters. The van der Waals surface area contributed by atoms with Gasteiger partial charge in [-0.1, -0.05) is 41.9 Å². The summed E-state index contributed by atoms with van der Waals surface area (Å²) >= 11 is 5.90. The molecule has 156 valence electrons. The zero-order valence-corrected chi connectivity index (χ0v) is 17.8. The van der Waals surface area contributed by atoms with Crippen molar-refractivity contribution < 1.29 is 14.4 Å². The first-order valence-electron chi connectivity index (χ1n) is 9.73. The van der Waals surface area contributed by atoms with E-state index in [0.29, 0.717) is 17.3 Å². The Morgan fingerprint density at radius 3 is 2.32 bits per heavy atom. The first kappa shape index (κ1) is 20.6. The topological polar surface area (TPSA) is 71.4 Å². The molecule has 0 spiro atoms. The quantitative estimate of drug-likeness (QED) is 0.487. The van der Waals surface area contributed by atoms with E-state index < -0.39 is 17.8 Å². The van der Waals surface area contributed by atoms with Gasteiger partial charge in [-0.15, -0.1) is 0 Å². The number of halogens is 1. The van der Waals surface area contributed by atoms with Crippen LogP contribution in [-0.2, 0) is 16.1 Å². The van der Waals surface area contributed by atoms with Gasteiger partial charge in [-0.3, -0.25) is 14.9 Å². The maximum absolute atomic E-state index is 13.1. The second kappa shape index (κ2) is 8.24. The average molecular weight is 434 g/mol. The van der Waals surface area contributed by atoms with Crippen LogP contribution >= 0.6 is 11.6 Å². The Morgan fingerprint density at radius 2 is 1.65 bits per heavy atom. The summed E-state index contributed by atoms with van der Waals surface area (Å²) in [6.07, 6.45) is 1.54. The van der Waals surface area contributed by atoms with Crippen LogP contribution in [0.5, 0.6) is 0 Å². The SMILES string of the molecule is Cc1cc(/C=C2\C(=O)NC(=O)N(c3ccc(Cl)cc3)C2=O)c(C)n1Cc1ccccc1. The number of carbonyl (C=O) groups is 3. The number of urea groups is 1. The molecular weight excluding hydrogens is 414 g/mol. The number of rotatable bonds is 4. The van der Waals surface area contributed by atoms with Gasteiger partial charge in [-0.2, -0.15) is 0 Å². The van der Waals surface area contributed by atoms with Gasteiger partial charge in [-0.25, -0.2) is 9.69 Å². The molecule has 0 aliphatic carbocycles. The van der Waals surface area contributed by atoms with Crippen LogP contribution in [0.3, 0.4) is 0 Å². The molecule has 1 aliphatic heterocycles. The summed E-state index contributed by atoms with van der Waals surface area (Å²) in [5.74, 6) is -1.39. The van der Waals surface area contributed by atoms with E-state index in [0.717, 1.165) is 27.4 Å². The van der Waals surface area contributed by atoms with Gasteiger partial charge in [0, 0.05) is 23.0 Å². The summed E-state index contributed by atoms with van der Waals surface area (Å²) < 4.78 is 2.12. The Hall–Kier alpha value is -3.64. The molecule has 1 saturated heterocycles. The van der Waals surface area contributed by atoms with Gasteiger partial charge in [-0.05, 0) is 61.4 Å². The number of hydrogen-bond acceptors (Lipinski definition) is 3. The van der Waals surface area contributed by atoms with E-state index in [1.165, 1.54) is 6.08 Å². The third-order valence-electron chi connectivity index (χ3n) is 5.28. The van der Waals surface area contributed by atoms with Crippen molar-refractivity contribution >= 4 is 41.2 Å². The first-order valence-corrected chi connectivity index (χ1v) is 10.1. The fourth-order valence-electron chi connectivity index (χ4n) is 3.62. The van der Waals surface area contributed by atoms with Crippen LogP contribution in [-0.4, -0.2) is 22.4 Å². The van der Waals surface area contributed by atoms with Crippen molar-refractivity contribution in [1.82, 2.24) is 9.88 Å². The van der Waals surface area contributed by atoms with Gasteiger partial charge in [0.05, 0.1) is 5.69 Å². The lowest BCUT2D eigenvalue weighted by atomic mass is 10.1. The van der Waals surface area contributed by atoms with Crippen LogP contribution in [0.2, 0.25) is 5.02 Å². The number of anilines is 1. The predicted molar refractivity (Wildman–Crippen MR) is 120 cm³/mol. The molecule has 0 radical (unpaired) electrons. The van der Waals surface area contributed by atoms with Gasteiger partial charge in [0.15, 0.2) is 0 Å². The summed E-state index contributed by atoms with van der Waals surface area (Å²) in [6.45, 7) is 4.59. The fourth-order valence-corrected chi connectivity index (χ4v) is 3.75. The van der Waals surface area contributed by atoms with Crippen molar-refractivity contribution in [3.63, 3.8) is 0 Å². The van der Waals surface area contributed by atoms with Crippen LogP contribution < -0.4 is 10.2 Å². The Balaban J connectivity index is 1.69. The number of imide groups is 2. The Bertz CT molecular complexity index is 1210. The lowest BCUT2D eigenvalue weighted by molar-refractivity contribution is -0.122. The van der Waals surface area contributed by atoms with Crippen LogP contribution in [0.4, 0.5) is 10.5 Å². The number of carbonyl (C=O) groups excluding carboxylic acids is 3. The van der Waals surface area contributed by atoms with E-state index >= 15 is 0 Å². The molecule has 1 N–H and O–H groups in total. The number of aryl methyl sites for hydroxylation is 1. The molecule has 0 saturated carbocycles. The molecule has 1 aromatic heterocycles. The smallest absolute Gasteiger partial charge is 0.335 e. The minimum Gasteiger partial charge on any atom is -0.344 e. The normalized spacial score (nSPS) is 15.5. The maximum atomic E-state index is 13.1. The van der Waals surface area contributed by atoms with E-state index in [9.17, 15) is 14.4 Å². The van der Waals surface area contributed by atoms with Crippen molar-refractivity contribution in [2.24, 2.45) is 0 Å². The lowest BCUT2D eigenvalue weighted by Crippen LogP contribution is -2.54. The van der Waals surface area contributed by atoms with E-state index in [1.807, 2.05) is 50.2 Å². The number of amides is 4. The molecule has 2 aromatic carbocycles. The van der Waals surface area contributed by atoms with Crippen LogP contribution in [0.1, 0.15) is 22.5 Å². The number of aromatic nitrogens is 1. The first-order chi connectivity index (χ1) is 14.8. The van der Waals surface area contributed by atoms with E-state index in [1.54, 1.807) is 24.3 Å². The van der Waals surface area contributed by atoms with Gasteiger partial charge in [0.25, 0.3) is 11.8 Å². The molecule has 31 heavy (non-hydrogen) atoms. The van der Waals surface area contributed by atoms with Crippen molar-refractivity contribution in [2.75, 3.05) is 4.90 Å². The highest BCUT2D eigenvalue weighted by atomic mass is 35.5. The molecule has 2 heterocycles. The molecule has 0 bridgehead atoms. The van der Waals surface area contributed by atoms with Gasteiger partial charge >= 0.3 is 6.03 Å². The van der Waals surface area contributed by atoms with Gasteiger partial charge in [0.2, 0.25) is 0 Å². The Labute approximate surface area is 184 Å². The largest absolute Gasteiger partial charge is 0.344 e. The highest BCUT2D eigenvalue weighted by Gasteiger charge is 2.37. The van der Waals surface area contributed by atoms with E-state index in [2.05, 4.69) is 9.88 Å². The third-order valence-corrected chi connectivity index (χ3v) is 5.53. The van der Waals surface area contributed by atoms with Crippen LogP contribution in [0.25, 0.3) is 6.08 Å². The minimum absolute atomic E-state index is 0.102. The Kier molecular flexibility index (Phi) is 5.48. The maximum Gasteiger partial charge on any atom is 0.335 e. The summed E-state index contributed by atoms with van der Waals surface area (Å²) in [4.78, 5) is 38.8. The van der Waals surface area contributed by atoms with Crippen molar-refractivity contribution in [2.45, 2.75) is 20.4 Å². The molecule has 7 heteroatoms. The molecule has 6 nitrogen and oxygen atoms in total. The highest BCUT2D eigenvalue weighted by Crippen LogP contribution is 2.25. The number of barbiturate groups is 1. The second-order valence-electron chi connectivity index (χ2n) is 7.33. The molecule has 0 unspecified atom stereocenters. The summed E-state index contributed by atoms with van der Waals surface area (Å²) in [5.41, 5.74) is 4.05. The van der Waals surface area contributed by atoms with E-state index in [-0.39, 0.29) is 5.57 Å². The predicted octanol–water partition coefficient (Wildman–Crippen LogP) is 4.47. The molecular formula is C24H20ClN3O3. The minimum atomic E-state index is -0.788. The molecule has 1 aliphatic rings. The third kappa shape index (κ3) is 4.02. The summed E-state index contributed by atoms with van der Waals surface area (Å²) in [6, 6.07) is 17.4. The molecule has 4 amide bonds. The zero-order valence-electron chi connectivity index (χ0n) is 17.1. The van der Waals surface area contributed by atoms with Gasteiger partial charge < -0.3 is 4.57 Å². The number of hydrogen-bond donors (Lipinski definition) is 1. The molecule has 3 aromatic rings. The number of nitrogens with zero attached hydrogens (tertiary/aromatic N) is 2. The average Bonchev–Trinajstić information content (AvgIpc) is 3.00. The Morgan fingerprint density at radius 1 is 0.968 bits per heavy atom. The second-order valence-corrected chi connectivity index (χ2v) is 7.77. The monoisotopic (exact) mass is 433 g/mol. The number of nitrogens with one attached hydrogen (secondary N) is 1. The lowest BCUT2D eigenvalue weighted by Gasteiger charge is -2.26. The number of benzene rings is 2.